The Morgan fingerprint density at radius 3 is 2.94 bits per heavy atom. The first-order chi connectivity index (χ1) is 7.72. The van der Waals surface area contributed by atoms with Crippen molar-refractivity contribution in [2.75, 3.05) is 7.05 Å². The van der Waals surface area contributed by atoms with Gasteiger partial charge in [0.15, 0.2) is 5.76 Å². The van der Waals surface area contributed by atoms with E-state index in [1.807, 2.05) is 38.2 Å². The van der Waals surface area contributed by atoms with Crippen LogP contribution in [0.4, 0.5) is 0 Å². The maximum Gasteiger partial charge on any atom is 0.170 e. The second-order valence-corrected chi connectivity index (χ2v) is 4.54. The van der Waals surface area contributed by atoms with Gasteiger partial charge in [-0.2, -0.15) is 0 Å². The highest BCUT2D eigenvalue weighted by molar-refractivity contribution is 9.10. The summed E-state index contributed by atoms with van der Waals surface area (Å²) >= 11 is 3.45. The van der Waals surface area contributed by atoms with Gasteiger partial charge in [-0.25, -0.2) is 0 Å². The van der Waals surface area contributed by atoms with Crippen LogP contribution in [-0.2, 0) is 6.54 Å². The molecule has 16 heavy (non-hydrogen) atoms. The third kappa shape index (κ3) is 2.18. The molecule has 0 bridgehead atoms. The van der Waals surface area contributed by atoms with Crippen LogP contribution < -0.4 is 5.32 Å². The molecule has 0 amide bonds. The molecule has 0 spiro atoms. The zero-order valence-electron chi connectivity index (χ0n) is 9.25. The third-order valence-electron chi connectivity index (χ3n) is 2.45. The number of aromatic nitrogens is 1. The number of hydrogen-bond donors (Lipinski definition) is 1. The standard InChI is InChI=1S/C12H13BrN2O/c1-8-11(7-14-2)15-16-12(8)9-4-3-5-10(13)6-9/h3-6,14H,7H2,1-2H3. The van der Waals surface area contributed by atoms with Crippen LogP contribution in [0.15, 0.2) is 33.3 Å². The highest BCUT2D eigenvalue weighted by atomic mass is 79.9. The molecule has 0 aliphatic rings. The molecule has 1 aromatic carbocycles. The molecule has 3 nitrogen and oxygen atoms in total. The van der Waals surface area contributed by atoms with Crippen LogP contribution >= 0.6 is 15.9 Å². The van der Waals surface area contributed by atoms with Crippen molar-refractivity contribution in [1.82, 2.24) is 10.5 Å². The minimum atomic E-state index is 0.726. The van der Waals surface area contributed by atoms with Crippen LogP contribution in [0.25, 0.3) is 11.3 Å². The molecular formula is C12H13BrN2O. The molecule has 84 valence electrons. The molecule has 0 radical (unpaired) electrons. The molecule has 0 aliphatic carbocycles. The Kier molecular flexibility index (Phi) is 3.41. The molecular weight excluding hydrogens is 268 g/mol. The molecule has 0 aliphatic heterocycles. The highest BCUT2D eigenvalue weighted by Crippen LogP contribution is 2.27. The van der Waals surface area contributed by atoms with Gasteiger partial charge in [0.1, 0.15) is 5.69 Å². The summed E-state index contributed by atoms with van der Waals surface area (Å²) in [4.78, 5) is 0. The molecule has 2 aromatic rings. The lowest BCUT2D eigenvalue weighted by Gasteiger charge is -1.99. The number of nitrogens with zero attached hydrogens (tertiary/aromatic N) is 1. The van der Waals surface area contributed by atoms with Crippen molar-refractivity contribution in [2.45, 2.75) is 13.5 Å². The Bertz CT molecular complexity index is 494. The van der Waals surface area contributed by atoms with Gasteiger partial charge in [-0.1, -0.05) is 33.2 Å². The summed E-state index contributed by atoms with van der Waals surface area (Å²) in [6, 6.07) is 8.01. The van der Waals surface area contributed by atoms with Gasteiger partial charge in [0, 0.05) is 22.1 Å². The number of hydrogen-bond acceptors (Lipinski definition) is 3. The summed E-state index contributed by atoms with van der Waals surface area (Å²) in [5.41, 5.74) is 3.09. The van der Waals surface area contributed by atoms with Crippen molar-refractivity contribution >= 4 is 15.9 Å². The van der Waals surface area contributed by atoms with E-state index in [0.29, 0.717) is 0 Å². The molecule has 1 N–H and O–H groups in total. The second kappa shape index (κ2) is 4.80. The summed E-state index contributed by atoms with van der Waals surface area (Å²) in [5, 5.41) is 7.13. The van der Waals surface area contributed by atoms with Crippen LogP contribution in [-0.4, -0.2) is 12.2 Å². The van der Waals surface area contributed by atoms with Crippen molar-refractivity contribution in [3.8, 4) is 11.3 Å². The Balaban J connectivity index is 2.41. The highest BCUT2D eigenvalue weighted by Gasteiger charge is 2.12. The van der Waals surface area contributed by atoms with Gasteiger partial charge in [0.25, 0.3) is 0 Å². The van der Waals surface area contributed by atoms with Crippen molar-refractivity contribution in [2.24, 2.45) is 0 Å². The SMILES string of the molecule is CNCc1noc(-c2cccc(Br)c2)c1C. The molecule has 0 atom stereocenters. The van der Waals surface area contributed by atoms with Crippen LogP contribution in [0.5, 0.6) is 0 Å². The molecule has 1 aromatic heterocycles. The van der Waals surface area contributed by atoms with Crippen molar-refractivity contribution in [3.05, 3.63) is 40.0 Å². The van der Waals surface area contributed by atoms with E-state index >= 15 is 0 Å². The van der Waals surface area contributed by atoms with Gasteiger partial charge >= 0.3 is 0 Å². The van der Waals surface area contributed by atoms with Crippen LogP contribution in [0.2, 0.25) is 0 Å². The van der Waals surface area contributed by atoms with Crippen molar-refractivity contribution in [3.63, 3.8) is 0 Å². The maximum atomic E-state index is 5.38. The van der Waals surface area contributed by atoms with Gasteiger partial charge in [0.05, 0.1) is 0 Å². The molecule has 1 heterocycles. The molecule has 4 heteroatoms. The fourth-order valence-electron chi connectivity index (χ4n) is 1.60. The first-order valence-corrected chi connectivity index (χ1v) is 5.87. The topological polar surface area (TPSA) is 38.1 Å². The Morgan fingerprint density at radius 1 is 1.44 bits per heavy atom. The Labute approximate surface area is 103 Å². The second-order valence-electron chi connectivity index (χ2n) is 3.62. The van der Waals surface area contributed by atoms with Crippen LogP contribution in [0.1, 0.15) is 11.3 Å². The first-order valence-electron chi connectivity index (χ1n) is 5.08. The Morgan fingerprint density at radius 2 is 2.25 bits per heavy atom. The van der Waals surface area contributed by atoms with Crippen LogP contribution in [0, 0.1) is 6.92 Å². The van der Waals surface area contributed by atoms with Crippen LogP contribution in [0.3, 0.4) is 0 Å². The monoisotopic (exact) mass is 280 g/mol. The number of benzene rings is 1. The van der Waals surface area contributed by atoms with E-state index in [2.05, 4.69) is 26.4 Å². The number of rotatable bonds is 3. The summed E-state index contributed by atoms with van der Waals surface area (Å²) in [5.74, 6) is 0.839. The van der Waals surface area contributed by atoms with E-state index in [1.165, 1.54) is 0 Å². The van der Waals surface area contributed by atoms with Gasteiger partial charge in [-0.15, -0.1) is 0 Å². The smallest absolute Gasteiger partial charge is 0.170 e. The minimum absolute atomic E-state index is 0.726. The summed E-state index contributed by atoms with van der Waals surface area (Å²) in [6.45, 7) is 2.75. The number of nitrogens with one attached hydrogen (secondary N) is 1. The summed E-state index contributed by atoms with van der Waals surface area (Å²) < 4.78 is 6.42. The minimum Gasteiger partial charge on any atom is -0.356 e. The van der Waals surface area contributed by atoms with Crippen molar-refractivity contribution < 1.29 is 4.52 Å². The fourth-order valence-corrected chi connectivity index (χ4v) is 2.00. The fraction of sp³-hybridized carbons (Fsp3) is 0.250. The van der Waals surface area contributed by atoms with E-state index in [1.54, 1.807) is 0 Å². The lowest BCUT2D eigenvalue weighted by atomic mass is 10.1. The quantitative estimate of drug-likeness (QED) is 0.939. The molecule has 0 fully saturated rings. The lowest BCUT2D eigenvalue weighted by Crippen LogP contribution is -2.06. The summed E-state index contributed by atoms with van der Waals surface area (Å²) in [6.07, 6.45) is 0. The van der Waals surface area contributed by atoms with E-state index in [-0.39, 0.29) is 0 Å². The van der Waals surface area contributed by atoms with E-state index < -0.39 is 0 Å². The van der Waals surface area contributed by atoms with E-state index in [9.17, 15) is 0 Å². The molecule has 2 rings (SSSR count). The normalized spacial score (nSPS) is 10.7. The predicted molar refractivity (Wildman–Crippen MR) is 67.1 cm³/mol. The zero-order valence-corrected chi connectivity index (χ0v) is 10.8. The third-order valence-corrected chi connectivity index (χ3v) is 2.94. The average Bonchev–Trinajstić information content (AvgIpc) is 2.61. The van der Waals surface area contributed by atoms with E-state index in [0.717, 1.165) is 33.6 Å². The predicted octanol–water partition coefficient (Wildman–Crippen LogP) is 3.13. The van der Waals surface area contributed by atoms with Gasteiger partial charge in [-0.3, -0.25) is 0 Å². The first kappa shape index (κ1) is 11.4. The Hall–Kier alpha value is -1.13. The molecule has 0 saturated carbocycles. The van der Waals surface area contributed by atoms with Crippen molar-refractivity contribution in [1.29, 1.82) is 0 Å². The van der Waals surface area contributed by atoms with Gasteiger partial charge in [-0.05, 0) is 26.1 Å². The maximum absolute atomic E-state index is 5.38. The molecule has 0 saturated heterocycles. The lowest BCUT2D eigenvalue weighted by molar-refractivity contribution is 0.421. The average molecular weight is 281 g/mol. The van der Waals surface area contributed by atoms with Gasteiger partial charge < -0.3 is 9.84 Å². The largest absolute Gasteiger partial charge is 0.356 e. The molecule has 0 unspecified atom stereocenters. The van der Waals surface area contributed by atoms with E-state index in [4.69, 9.17) is 4.52 Å². The van der Waals surface area contributed by atoms with Gasteiger partial charge in [0.2, 0.25) is 0 Å². The zero-order chi connectivity index (χ0) is 11.5. The summed E-state index contributed by atoms with van der Waals surface area (Å²) in [7, 11) is 1.90. The number of halogens is 1.